The minimum atomic E-state index is -0.0188. The van der Waals surface area contributed by atoms with Gasteiger partial charge < -0.3 is 19.5 Å². The molecule has 6 nitrogen and oxygen atoms in total. The number of rotatable bonds is 6. The fourth-order valence-corrected chi connectivity index (χ4v) is 2.78. The predicted octanol–water partition coefficient (Wildman–Crippen LogP) is 0.764. The Kier molecular flexibility index (Phi) is 5.76. The van der Waals surface area contributed by atoms with E-state index < -0.39 is 0 Å². The van der Waals surface area contributed by atoms with Crippen molar-refractivity contribution in [1.29, 1.82) is 0 Å². The number of anilines is 1. The van der Waals surface area contributed by atoms with E-state index in [1.165, 1.54) is 0 Å². The van der Waals surface area contributed by atoms with Crippen molar-refractivity contribution in [3.05, 3.63) is 22.7 Å². The highest BCUT2D eigenvalue weighted by Crippen LogP contribution is 2.15. The highest BCUT2D eigenvalue weighted by molar-refractivity contribution is 5.36. The Morgan fingerprint density at radius 2 is 2.19 bits per heavy atom. The average Bonchev–Trinajstić information content (AvgIpc) is 2.50. The molecule has 1 N–H and O–H groups in total. The van der Waals surface area contributed by atoms with Gasteiger partial charge in [0.15, 0.2) is 5.82 Å². The van der Waals surface area contributed by atoms with Crippen LogP contribution in [0.5, 0.6) is 0 Å². The lowest BCUT2D eigenvalue weighted by Crippen LogP contribution is -2.48. The van der Waals surface area contributed by atoms with E-state index in [9.17, 15) is 4.79 Å². The third kappa shape index (κ3) is 4.04. The Hall–Kier alpha value is -1.40. The van der Waals surface area contributed by atoms with Crippen molar-refractivity contribution in [2.45, 2.75) is 38.3 Å². The maximum Gasteiger partial charge on any atom is 0.293 e. The molecule has 0 saturated carbocycles. The van der Waals surface area contributed by atoms with E-state index in [0.29, 0.717) is 17.9 Å². The second-order valence-corrected chi connectivity index (χ2v) is 5.66. The van der Waals surface area contributed by atoms with Gasteiger partial charge in [-0.25, -0.2) is 4.98 Å². The summed E-state index contributed by atoms with van der Waals surface area (Å²) in [6.07, 6.45) is 6.50. The first-order valence-corrected chi connectivity index (χ1v) is 7.67. The summed E-state index contributed by atoms with van der Waals surface area (Å²) in [5.74, 6) is 0.572. The van der Waals surface area contributed by atoms with E-state index in [1.54, 1.807) is 31.1 Å². The van der Waals surface area contributed by atoms with E-state index >= 15 is 0 Å². The standard InChI is InChI=1S/C15H26N4O2/c1-4-12(11-21-3)17-13-5-8-19(9-6-13)14-15(20)18(2)10-7-16-14/h7,10,12-13,17H,4-6,8-9,11H2,1-3H3/t12-/m1/s1. The molecule has 1 saturated heterocycles. The van der Waals surface area contributed by atoms with Crippen molar-refractivity contribution in [3.63, 3.8) is 0 Å². The molecule has 0 bridgehead atoms. The molecule has 118 valence electrons. The maximum absolute atomic E-state index is 12.1. The first-order chi connectivity index (χ1) is 10.2. The molecule has 1 aromatic rings. The molecule has 1 aliphatic heterocycles. The maximum atomic E-state index is 12.1. The molecule has 1 aliphatic rings. The van der Waals surface area contributed by atoms with E-state index in [0.717, 1.165) is 39.0 Å². The lowest BCUT2D eigenvalue weighted by molar-refractivity contribution is 0.155. The van der Waals surface area contributed by atoms with Gasteiger partial charge in [-0.05, 0) is 19.3 Å². The number of ether oxygens (including phenoxy) is 1. The van der Waals surface area contributed by atoms with Crippen LogP contribution in [0.3, 0.4) is 0 Å². The lowest BCUT2D eigenvalue weighted by Gasteiger charge is -2.34. The molecule has 0 aliphatic carbocycles. The highest BCUT2D eigenvalue weighted by Gasteiger charge is 2.23. The summed E-state index contributed by atoms with van der Waals surface area (Å²) in [6, 6.07) is 0.906. The number of aryl methyl sites for hydroxylation is 1. The summed E-state index contributed by atoms with van der Waals surface area (Å²) >= 11 is 0. The van der Waals surface area contributed by atoms with Gasteiger partial charge in [0.05, 0.1) is 6.61 Å². The summed E-state index contributed by atoms with van der Waals surface area (Å²) in [6.45, 7) is 4.65. The topological polar surface area (TPSA) is 59.4 Å². The van der Waals surface area contributed by atoms with Crippen molar-refractivity contribution >= 4 is 5.82 Å². The molecule has 6 heteroatoms. The molecule has 0 radical (unpaired) electrons. The molecule has 21 heavy (non-hydrogen) atoms. The molecule has 0 amide bonds. The van der Waals surface area contributed by atoms with E-state index in [-0.39, 0.29) is 5.56 Å². The van der Waals surface area contributed by atoms with Crippen LogP contribution in [0.25, 0.3) is 0 Å². The largest absolute Gasteiger partial charge is 0.383 e. The molecule has 0 unspecified atom stereocenters. The van der Waals surface area contributed by atoms with E-state index in [2.05, 4.69) is 22.1 Å². The second kappa shape index (κ2) is 7.56. The number of hydrogen-bond donors (Lipinski definition) is 1. The van der Waals surface area contributed by atoms with Crippen LogP contribution in [0.4, 0.5) is 5.82 Å². The Morgan fingerprint density at radius 3 is 2.81 bits per heavy atom. The minimum Gasteiger partial charge on any atom is -0.383 e. The fourth-order valence-electron chi connectivity index (χ4n) is 2.78. The summed E-state index contributed by atoms with van der Waals surface area (Å²) in [5.41, 5.74) is -0.0188. The Labute approximate surface area is 126 Å². The van der Waals surface area contributed by atoms with Crippen molar-refractivity contribution < 1.29 is 4.74 Å². The predicted molar refractivity (Wildman–Crippen MR) is 83.8 cm³/mol. The number of methoxy groups -OCH3 is 1. The number of nitrogens with zero attached hydrogens (tertiary/aromatic N) is 3. The minimum absolute atomic E-state index is 0.0188. The first-order valence-electron chi connectivity index (χ1n) is 7.67. The van der Waals surface area contributed by atoms with Gasteiger partial charge in [-0.3, -0.25) is 4.79 Å². The van der Waals surface area contributed by atoms with E-state index in [1.807, 2.05) is 0 Å². The Bertz CT molecular complexity index is 495. The second-order valence-electron chi connectivity index (χ2n) is 5.66. The van der Waals surface area contributed by atoms with Crippen molar-refractivity contribution in [2.24, 2.45) is 7.05 Å². The SMILES string of the molecule is CC[C@H](COC)NC1CCN(c2nccn(C)c2=O)CC1. The number of piperidine rings is 1. The lowest BCUT2D eigenvalue weighted by atomic mass is 10.0. The van der Waals surface area contributed by atoms with Gasteiger partial charge in [-0.2, -0.15) is 0 Å². The van der Waals surface area contributed by atoms with Crippen LogP contribution in [0.1, 0.15) is 26.2 Å². The van der Waals surface area contributed by atoms with Crippen LogP contribution < -0.4 is 15.8 Å². The van der Waals surface area contributed by atoms with Gasteiger partial charge in [-0.1, -0.05) is 6.92 Å². The van der Waals surface area contributed by atoms with Crippen molar-refractivity contribution in [3.8, 4) is 0 Å². The third-order valence-electron chi connectivity index (χ3n) is 4.13. The molecule has 0 aromatic carbocycles. The zero-order chi connectivity index (χ0) is 15.2. The van der Waals surface area contributed by atoms with Crippen LogP contribution in [0.15, 0.2) is 17.2 Å². The smallest absolute Gasteiger partial charge is 0.293 e. The van der Waals surface area contributed by atoms with Gasteiger partial charge >= 0.3 is 0 Å². The molecule has 2 heterocycles. The van der Waals surface area contributed by atoms with Crippen LogP contribution in [0.2, 0.25) is 0 Å². The highest BCUT2D eigenvalue weighted by atomic mass is 16.5. The molecule has 0 spiro atoms. The number of hydrogen-bond acceptors (Lipinski definition) is 5. The monoisotopic (exact) mass is 294 g/mol. The third-order valence-corrected chi connectivity index (χ3v) is 4.13. The summed E-state index contributed by atoms with van der Waals surface area (Å²) in [4.78, 5) is 18.4. The molecule has 1 aromatic heterocycles. The summed E-state index contributed by atoms with van der Waals surface area (Å²) in [5, 5.41) is 3.65. The van der Waals surface area contributed by atoms with Crippen LogP contribution >= 0.6 is 0 Å². The molecular weight excluding hydrogens is 268 g/mol. The van der Waals surface area contributed by atoms with Crippen LogP contribution in [-0.2, 0) is 11.8 Å². The van der Waals surface area contributed by atoms with Gasteiger partial charge in [-0.15, -0.1) is 0 Å². The molecule has 2 rings (SSSR count). The zero-order valence-electron chi connectivity index (χ0n) is 13.2. The molecule has 1 atom stereocenters. The quantitative estimate of drug-likeness (QED) is 0.839. The van der Waals surface area contributed by atoms with Gasteiger partial charge in [0.2, 0.25) is 0 Å². The van der Waals surface area contributed by atoms with Gasteiger partial charge in [0, 0.05) is 51.7 Å². The van der Waals surface area contributed by atoms with Gasteiger partial charge in [0.1, 0.15) is 0 Å². The molecule has 1 fully saturated rings. The Balaban J connectivity index is 1.91. The van der Waals surface area contributed by atoms with Crippen molar-refractivity contribution in [1.82, 2.24) is 14.9 Å². The van der Waals surface area contributed by atoms with Gasteiger partial charge in [0.25, 0.3) is 5.56 Å². The summed E-state index contributed by atoms with van der Waals surface area (Å²) < 4.78 is 6.81. The first kappa shape index (κ1) is 16.0. The normalized spacial score (nSPS) is 18.0. The van der Waals surface area contributed by atoms with Crippen LogP contribution in [-0.4, -0.2) is 48.4 Å². The Morgan fingerprint density at radius 1 is 1.48 bits per heavy atom. The van der Waals surface area contributed by atoms with Crippen LogP contribution in [0, 0.1) is 0 Å². The fraction of sp³-hybridized carbons (Fsp3) is 0.733. The molecular formula is C15H26N4O2. The summed E-state index contributed by atoms with van der Waals surface area (Å²) in [7, 11) is 3.50. The number of nitrogens with one attached hydrogen (secondary N) is 1. The average molecular weight is 294 g/mol. The van der Waals surface area contributed by atoms with E-state index in [4.69, 9.17) is 4.74 Å². The zero-order valence-corrected chi connectivity index (χ0v) is 13.2. The van der Waals surface area contributed by atoms with Crippen molar-refractivity contribution in [2.75, 3.05) is 31.7 Å². The number of aromatic nitrogens is 2.